The van der Waals surface area contributed by atoms with Crippen LogP contribution in [0.25, 0.3) is 0 Å². The van der Waals surface area contributed by atoms with Gasteiger partial charge in [0.2, 0.25) is 5.91 Å². The second kappa shape index (κ2) is 6.06. The number of carbonyl (C=O) groups excluding carboxylic acids is 1. The van der Waals surface area contributed by atoms with E-state index in [2.05, 4.69) is 35.5 Å². The zero-order valence-corrected chi connectivity index (χ0v) is 14.3. The predicted octanol–water partition coefficient (Wildman–Crippen LogP) is 1.95. The van der Waals surface area contributed by atoms with Gasteiger partial charge < -0.3 is 10.2 Å². The number of aryl methyl sites for hydroxylation is 1. The summed E-state index contributed by atoms with van der Waals surface area (Å²) in [4.78, 5) is 15.4. The molecule has 2 aliphatic rings. The van der Waals surface area contributed by atoms with Crippen LogP contribution in [0.15, 0.2) is 36.7 Å². The third-order valence-electron chi connectivity index (χ3n) is 5.30. The largest absolute Gasteiger partial charge is 0.315 e. The highest BCUT2D eigenvalue weighted by molar-refractivity contribution is 5.97. The number of anilines is 1. The van der Waals surface area contributed by atoms with Gasteiger partial charge in [-0.05, 0) is 29.5 Å². The Morgan fingerprint density at radius 1 is 1.29 bits per heavy atom. The molecule has 1 amide bonds. The fourth-order valence-electron chi connectivity index (χ4n) is 4.13. The highest BCUT2D eigenvalue weighted by Gasteiger charge is 2.39. The van der Waals surface area contributed by atoms with Crippen LogP contribution in [0, 0.1) is 11.8 Å². The van der Waals surface area contributed by atoms with Crippen molar-refractivity contribution in [1.82, 2.24) is 15.1 Å². The molecule has 1 fully saturated rings. The van der Waals surface area contributed by atoms with Crippen LogP contribution < -0.4 is 10.2 Å². The van der Waals surface area contributed by atoms with Crippen LogP contribution in [0.4, 0.5) is 5.69 Å². The van der Waals surface area contributed by atoms with Gasteiger partial charge in [0.1, 0.15) is 0 Å². The van der Waals surface area contributed by atoms with E-state index in [0.29, 0.717) is 5.92 Å². The maximum atomic E-state index is 13.4. The Balaban J connectivity index is 1.63. The number of benzene rings is 1. The molecule has 0 bridgehead atoms. The number of hydrogen-bond donors (Lipinski definition) is 1. The third-order valence-corrected chi connectivity index (χ3v) is 5.30. The number of para-hydroxylation sites is 1. The van der Waals surface area contributed by atoms with Crippen molar-refractivity contribution in [3.63, 3.8) is 0 Å². The van der Waals surface area contributed by atoms with Crippen molar-refractivity contribution in [1.29, 1.82) is 0 Å². The molecule has 1 N–H and O–H groups in total. The monoisotopic (exact) mass is 324 g/mol. The molecule has 5 heteroatoms. The first kappa shape index (κ1) is 15.4. The van der Waals surface area contributed by atoms with E-state index in [1.165, 1.54) is 5.56 Å². The van der Waals surface area contributed by atoms with Crippen LogP contribution in [0.3, 0.4) is 0 Å². The van der Waals surface area contributed by atoms with Gasteiger partial charge in [-0.25, -0.2) is 0 Å². The number of nitrogens with one attached hydrogen (secondary N) is 1. The zero-order valence-electron chi connectivity index (χ0n) is 14.3. The molecule has 126 valence electrons. The van der Waals surface area contributed by atoms with Crippen LogP contribution in [0.2, 0.25) is 0 Å². The Kier molecular flexibility index (Phi) is 3.88. The number of hydrogen-bond acceptors (Lipinski definition) is 3. The summed E-state index contributed by atoms with van der Waals surface area (Å²) in [6.07, 6.45) is 4.98. The van der Waals surface area contributed by atoms with E-state index in [9.17, 15) is 4.79 Å². The van der Waals surface area contributed by atoms with Crippen molar-refractivity contribution in [2.45, 2.75) is 19.3 Å². The summed E-state index contributed by atoms with van der Waals surface area (Å²) in [5, 5.41) is 7.68. The quantitative estimate of drug-likeness (QED) is 0.918. The Labute approximate surface area is 142 Å². The summed E-state index contributed by atoms with van der Waals surface area (Å²) in [5.74, 6) is 0.922. The molecule has 0 saturated carbocycles. The molecular formula is C19H24N4O. The van der Waals surface area contributed by atoms with Crippen molar-refractivity contribution in [2.24, 2.45) is 18.9 Å². The highest BCUT2D eigenvalue weighted by Crippen LogP contribution is 2.35. The SMILES string of the molecule is CC1Cc2ccccc2N(C(=O)[C@H]2CNC[C@@H]2c2cnn(C)c2)C1. The Morgan fingerprint density at radius 3 is 2.92 bits per heavy atom. The lowest BCUT2D eigenvalue weighted by atomic mass is 9.87. The summed E-state index contributed by atoms with van der Waals surface area (Å²) in [7, 11) is 1.92. The van der Waals surface area contributed by atoms with Crippen LogP contribution in [-0.2, 0) is 18.3 Å². The molecule has 1 unspecified atom stereocenters. The van der Waals surface area contributed by atoms with E-state index in [1.54, 1.807) is 0 Å². The van der Waals surface area contributed by atoms with Crippen molar-refractivity contribution in [3.8, 4) is 0 Å². The van der Waals surface area contributed by atoms with Crippen LogP contribution in [0.5, 0.6) is 0 Å². The summed E-state index contributed by atoms with van der Waals surface area (Å²) in [5.41, 5.74) is 3.53. The van der Waals surface area contributed by atoms with E-state index in [1.807, 2.05) is 35.1 Å². The van der Waals surface area contributed by atoms with E-state index >= 15 is 0 Å². The highest BCUT2D eigenvalue weighted by atomic mass is 16.2. The standard InChI is InChI=1S/C19H24N4O/c1-13-7-14-5-3-4-6-18(14)23(11-13)19(24)17-10-20-9-16(17)15-8-21-22(2)12-15/h3-6,8,12-13,16-17,20H,7,9-11H2,1-2H3/t13?,16-,17+/m1/s1. The Morgan fingerprint density at radius 2 is 2.12 bits per heavy atom. The van der Waals surface area contributed by atoms with Gasteiger partial charge in [-0.3, -0.25) is 9.48 Å². The van der Waals surface area contributed by atoms with E-state index in [0.717, 1.165) is 37.3 Å². The fourth-order valence-corrected chi connectivity index (χ4v) is 4.13. The maximum absolute atomic E-state index is 13.4. The first-order chi connectivity index (χ1) is 11.6. The minimum atomic E-state index is -0.0208. The molecule has 1 aromatic heterocycles. The van der Waals surface area contributed by atoms with Crippen molar-refractivity contribution in [2.75, 3.05) is 24.5 Å². The molecule has 3 atom stereocenters. The van der Waals surface area contributed by atoms with Gasteiger partial charge in [-0.2, -0.15) is 5.10 Å². The maximum Gasteiger partial charge on any atom is 0.232 e. The molecule has 1 saturated heterocycles. The van der Waals surface area contributed by atoms with Crippen LogP contribution in [0.1, 0.15) is 24.0 Å². The molecule has 5 nitrogen and oxygen atoms in total. The van der Waals surface area contributed by atoms with Gasteiger partial charge in [0.25, 0.3) is 0 Å². The number of amides is 1. The van der Waals surface area contributed by atoms with Gasteiger partial charge >= 0.3 is 0 Å². The molecule has 0 spiro atoms. The lowest BCUT2D eigenvalue weighted by Gasteiger charge is -2.35. The Hall–Kier alpha value is -2.14. The average molecular weight is 324 g/mol. The molecular weight excluding hydrogens is 300 g/mol. The zero-order chi connectivity index (χ0) is 16.7. The number of nitrogens with zero attached hydrogens (tertiary/aromatic N) is 3. The number of aromatic nitrogens is 2. The van der Waals surface area contributed by atoms with E-state index in [-0.39, 0.29) is 17.7 Å². The lowest BCUT2D eigenvalue weighted by molar-refractivity contribution is -0.122. The summed E-state index contributed by atoms with van der Waals surface area (Å²) in [6, 6.07) is 8.33. The second-order valence-electron chi connectivity index (χ2n) is 7.21. The van der Waals surface area contributed by atoms with Crippen LogP contribution >= 0.6 is 0 Å². The number of carbonyl (C=O) groups is 1. The van der Waals surface area contributed by atoms with Crippen molar-refractivity contribution in [3.05, 3.63) is 47.8 Å². The lowest BCUT2D eigenvalue weighted by Crippen LogP contribution is -2.44. The fraction of sp³-hybridized carbons (Fsp3) is 0.474. The summed E-state index contributed by atoms with van der Waals surface area (Å²) in [6.45, 7) is 4.62. The number of fused-ring (bicyclic) bond motifs is 1. The van der Waals surface area contributed by atoms with E-state index in [4.69, 9.17) is 0 Å². The third kappa shape index (κ3) is 2.63. The van der Waals surface area contributed by atoms with Gasteiger partial charge in [-0.1, -0.05) is 25.1 Å². The minimum Gasteiger partial charge on any atom is -0.315 e. The molecule has 3 heterocycles. The molecule has 4 rings (SSSR count). The number of rotatable bonds is 2. The van der Waals surface area contributed by atoms with Crippen molar-refractivity contribution >= 4 is 11.6 Å². The van der Waals surface area contributed by atoms with Gasteiger partial charge in [0.15, 0.2) is 0 Å². The minimum absolute atomic E-state index is 0.0208. The van der Waals surface area contributed by atoms with Gasteiger partial charge in [0, 0.05) is 44.5 Å². The van der Waals surface area contributed by atoms with Crippen LogP contribution in [-0.4, -0.2) is 35.3 Å². The predicted molar refractivity (Wildman–Crippen MR) is 94.0 cm³/mol. The first-order valence-electron chi connectivity index (χ1n) is 8.72. The normalized spacial score (nSPS) is 26.4. The topological polar surface area (TPSA) is 50.2 Å². The molecule has 24 heavy (non-hydrogen) atoms. The summed E-state index contributed by atoms with van der Waals surface area (Å²) < 4.78 is 1.81. The summed E-state index contributed by atoms with van der Waals surface area (Å²) >= 11 is 0. The molecule has 0 aliphatic carbocycles. The average Bonchev–Trinajstić information content (AvgIpc) is 3.21. The molecule has 1 aromatic carbocycles. The molecule has 0 radical (unpaired) electrons. The Bertz CT molecular complexity index is 753. The van der Waals surface area contributed by atoms with Gasteiger partial charge in [0.05, 0.1) is 12.1 Å². The second-order valence-corrected chi connectivity index (χ2v) is 7.21. The van der Waals surface area contributed by atoms with Crippen molar-refractivity contribution < 1.29 is 4.79 Å². The molecule has 2 aliphatic heterocycles. The molecule has 2 aromatic rings. The first-order valence-corrected chi connectivity index (χ1v) is 8.72. The van der Waals surface area contributed by atoms with Gasteiger partial charge in [-0.15, -0.1) is 0 Å². The smallest absolute Gasteiger partial charge is 0.232 e. The van der Waals surface area contributed by atoms with E-state index < -0.39 is 0 Å².